The van der Waals surface area contributed by atoms with Crippen LogP contribution in [0.15, 0.2) is 27.1 Å². The van der Waals surface area contributed by atoms with E-state index in [0.29, 0.717) is 17.1 Å². The van der Waals surface area contributed by atoms with E-state index in [-0.39, 0.29) is 17.2 Å². The Labute approximate surface area is 172 Å². The summed E-state index contributed by atoms with van der Waals surface area (Å²) in [5, 5.41) is 2.59. The van der Waals surface area contributed by atoms with Gasteiger partial charge in [0.2, 0.25) is 5.78 Å². The van der Waals surface area contributed by atoms with Gasteiger partial charge in [0.25, 0.3) is 5.56 Å². The summed E-state index contributed by atoms with van der Waals surface area (Å²) in [7, 11) is 0. The summed E-state index contributed by atoms with van der Waals surface area (Å²) in [6.45, 7) is 3.06. The Hall–Kier alpha value is -3.05. The zero-order valence-corrected chi connectivity index (χ0v) is 17.3. The predicted octanol–water partition coefficient (Wildman–Crippen LogP) is 2.06. The van der Waals surface area contributed by atoms with Gasteiger partial charge in [-0.15, -0.1) is 22.7 Å². The Balaban J connectivity index is 1.78. The minimum absolute atomic E-state index is 0.240. The molecule has 0 radical (unpaired) electrons. The van der Waals surface area contributed by atoms with E-state index in [1.165, 1.54) is 22.7 Å². The quantitative estimate of drug-likeness (QED) is 0.429. The highest BCUT2D eigenvalue weighted by atomic mass is 32.1. The van der Waals surface area contributed by atoms with Gasteiger partial charge in [0.05, 0.1) is 10.6 Å². The number of ketones is 1. The number of nitrogens with two attached hydrogens (primary N) is 1. The Morgan fingerprint density at radius 1 is 1.34 bits per heavy atom. The lowest BCUT2D eigenvalue weighted by Crippen LogP contribution is -2.37. The first-order valence-electron chi connectivity index (χ1n) is 8.67. The Bertz CT molecular complexity index is 1170. The van der Waals surface area contributed by atoms with Crippen LogP contribution in [0, 0.1) is 6.92 Å². The maximum absolute atomic E-state index is 12.5. The third-order valence-corrected chi connectivity index (χ3v) is 6.19. The number of nitrogens with one attached hydrogen (secondary N) is 1. The van der Waals surface area contributed by atoms with E-state index in [1.54, 1.807) is 6.92 Å². The molecular weight excluding hydrogens is 416 g/mol. The predicted molar refractivity (Wildman–Crippen MR) is 111 cm³/mol. The molecule has 0 bridgehead atoms. The number of nitrogens with zero attached hydrogens (tertiary/aromatic N) is 2. The molecule has 0 aliphatic heterocycles. The number of hydrogen-bond acceptors (Lipinski definition) is 9. The second kappa shape index (κ2) is 8.53. The highest BCUT2D eigenvalue weighted by molar-refractivity contribution is 7.22. The molecule has 11 heteroatoms. The van der Waals surface area contributed by atoms with E-state index in [4.69, 9.17) is 10.5 Å². The van der Waals surface area contributed by atoms with Crippen molar-refractivity contribution in [2.24, 2.45) is 0 Å². The molecule has 0 amide bonds. The number of aromatic amines is 1. The number of thiazole rings is 1. The number of aryl methyl sites for hydroxylation is 1. The maximum Gasteiger partial charge on any atom is 0.350 e. The number of thiophene rings is 1. The maximum atomic E-state index is 12.5. The van der Waals surface area contributed by atoms with Crippen LogP contribution in [-0.2, 0) is 11.3 Å². The van der Waals surface area contributed by atoms with Gasteiger partial charge in [-0.1, -0.05) is 13.0 Å². The van der Waals surface area contributed by atoms with E-state index >= 15 is 0 Å². The average molecular weight is 434 g/mol. The highest BCUT2D eigenvalue weighted by Crippen LogP contribution is 2.31. The Kier molecular flexibility index (Phi) is 6.09. The lowest BCUT2D eigenvalue weighted by molar-refractivity contribution is 0.0478. The third-order valence-electron chi connectivity index (χ3n) is 4.01. The van der Waals surface area contributed by atoms with E-state index in [1.807, 2.05) is 24.4 Å². The van der Waals surface area contributed by atoms with Gasteiger partial charge >= 0.3 is 11.7 Å². The molecule has 3 aromatic heterocycles. The van der Waals surface area contributed by atoms with Gasteiger partial charge < -0.3 is 10.5 Å². The fourth-order valence-electron chi connectivity index (χ4n) is 2.66. The first kappa shape index (κ1) is 20.7. The summed E-state index contributed by atoms with van der Waals surface area (Å²) < 4.78 is 6.19. The number of H-pyrrole nitrogens is 1. The van der Waals surface area contributed by atoms with Gasteiger partial charge in [0.15, 0.2) is 6.61 Å². The van der Waals surface area contributed by atoms with Crippen molar-refractivity contribution in [1.82, 2.24) is 14.5 Å². The molecule has 0 saturated heterocycles. The molecule has 0 spiro atoms. The lowest BCUT2D eigenvalue weighted by atomic mass is 10.2. The molecule has 3 rings (SSSR count). The number of hydrogen-bond donors (Lipinski definition) is 2. The minimum atomic E-state index is -0.908. The summed E-state index contributed by atoms with van der Waals surface area (Å²) in [6.07, 6.45) is 0.579. The molecule has 0 saturated carbocycles. The molecule has 0 atom stereocenters. The number of Topliss-reactive ketones (excluding diaryl/α,β-unsaturated/α-hetero) is 1. The van der Waals surface area contributed by atoms with Gasteiger partial charge in [-0.05, 0) is 24.8 Å². The van der Waals surface area contributed by atoms with E-state index in [9.17, 15) is 19.2 Å². The lowest BCUT2D eigenvalue weighted by Gasteiger charge is -2.11. The molecule has 0 aliphatic carbocycles. The van der Waals surface area contributed by atoms with Crippen LogP contribution in [0.3, 0.4) is 0 Å². The van der Waals surface area contributed by atoms with Crippen molar-refractivity contribution in [3.8, 4) is 9.88 Å². The van der Waals surface area contributed by atoms with E-state index < -0.39 is 35.2 Å². The zero-order valence-electron chi connectivity index (χ0n) is 15.7. The first-order chi connectivity index (χ1) is 13.8. The van der Waals surface area contributed by atoms with Crippen LogP contribution in [0.1, 0.15) is 39.1 Å². The summed E-state index contributed by atoms with van der Waals surface area (Å²) in [5.74, 6) is -1.74. The highest BCUT2D eigenvalue weighted by Gasteiger charge is 2.23. The minimum Gasteiger partial charge on any atom is -0.453 e. The topological polar surface area (TPSA) is 137 Å². The molecule has 9 nitrogen and oxygen atoms in total. The Morgan fingerprint density at radius 3 is 2.76 bits per heavy atom. The fourth-order valence-corrected chi connectivity index (χ4v) is 4.42. The van der Waals surface area contributed by atoms with Gasteiger partial charge in [-0.25, -0.2) is 14.6 Å². The van der Waals surface area contributed by atoms with Crippen molar-refractivity contribution >= 4 is 40.2 Å². The largest absolute Gasteiger partial charge is 0.453 e. The molecular formula is C18H18N4O5S2. The summed E-state index contributed by atoms with van der Waals surface area (Å²) >= 11 is 2.66. The fraction of sp³-hybridized carbons (Fsp3) is 0.278. The van der Waals surface area contributed by atoms with Crippen molar-refractivity contribution in [2.45, 2.75) is 26.8 Å². The number of carbonyl (C=O) groups is 2. The molecule has 29 heavy (non-hydrogen) atoms. The standard InChI is InChI=1S/C18H18N4O5S2/c1-3-6-22-14(19)12(15(24)21-18(22)26)10(23)8-27-17(25)13-9(2)20-16(29-13)11-5-4-7-28-11/h4-5,7H,3,6,8,19H2,1-2H3,(H,21,24,26). The number of ether oxygens (including phenoxy) is 1. The molecule has 3 heterocycles. The summed E-state index contributed by atoms with van der Waals surface area (Å²) in [5.41, 5.74) is 4.34. The van der Waals surface area contributed by atoms with E-state index in [0.717, 1.165) is 9.44 Å². The van der Waals surface area contributed by atoms with Crippen LogP contribution in [0.4, 0.5) is 5.82 Å². The van der Waals surface area contributed by atoms with E-state index in [2.05, 4.69) is 9.97 Å². The van der Waals surface area contributed by atoms with Crippen molar-refractivity contribution < 1.29 is 14.3 Å². The molecule has 3 N–H and O–H groups in total. The number of carbonyl (C=O) groups excluding carboxylic acids is 2. The van der Waals surface area contributed by atoms with Gasteiger partial charge in [0, 0.05) is 6.54 Å². The monoisotopic (exact) mass is 434 g/mol. The SMILES string of the molecule is CCCn1c(N)c(C(=O)COC(=O)c2sc(-c3cccs3)nc2C)c(=O)[nH]c1=O. The van der Waals surface area contributed by atoms with Crippen LogP contribution < -0.4 is 17.0 Å². The molecule has 0 fully saturated rings. The normalized spacial score (nSPS) is 10.8. The van der Waals surface area contributed by atoms with Crippen LogP contribution in [0.25, 0.3) is 9.88 Å². The van der Waals surface area contributed by atoms with Gasteiger partial charge in [-0.2, -0.15) is 0 Å². The van der Waals surface area contributed by atoms with Crippen molar-refractivity contribution in [1.29, 1.82) is 0 Å². The number of anilines is 1. The van der Waals surface area contributed by atoms with Crippen molar-refractivity contribution in [3.63, 3.8) is 0 Å². The van der Waals surface area contributed by atoms with Crippen LogP contribution in [0.5, 0.6) is 0 Å². The Morgan fingerprint density at radius 2 is 2.10 bits per heavy atom. The molecule has 0 unspecified atom stereocenters. The second-order valence-corrected chi connectivity index (χ2v) is 8.03. The number of rotatable bonds is 7. The third kappa shape index (κ3) is 4.20. The molecule has 152 valence electrons. The smallest absolute Gasteiger partial charge is 0.350 e. The van der Waals surface area contributed by atoms with Crippen molar-refractivity contribution in [3.05, 3.63) is 54.5 Å². The van der Waals surface area contributed by atoms with Gasteiger partial charge in [0.1, 0.15) is 21.3 Å². The summed E-state index contributed by atoms with van der Waals surface area (Å²) in [4.78, 5) is 56.4. The molecule has 0 aliphatic rings. The van der Waals surface area contributed by atoms with Gasteiger partial charge in [-0.3, -0.25) is 19.1 Å². The molecule has 3 aromatic rings. The van der Waals surface area contributed by atoms with Crippen LogP contribution >= 0.6 is 22.7 Å². The first-order valence-corrected chi connectivity index (χ1v) is 10.4. The summed E-state index contributed by atoms with van der Waals surface area (Å²) in [6, 6.07) is 3.77. The van der Waals surface area contributed by atoms with Crippen molar-refractivity contribution in [2.75, 3.05) is 12.3 Å². The zero-order chi connectivity index (χ0) is 21.1. The van der Waals surface area contributed by atoms with Crippen LogP contribution in [0.2, 0.25) is 0 Å². The average Bonchev–Trinajstić information content (AvgIpc) is 3.32. The van der Waals surface area contributed by atoms with Crippen LogP contribution in [-0.4, -0.2) is 32.9 Å². The molecule has 0 aromatic carbocycles. The number of nitrogen functional groups attached to an aromatic ring is 1. The number of esters is 1. The number of aromatic nitrogens is 3. The second-order valence-electron chi connectivity index (χ2n) is 6.08.